The number of hydrogen-bond donors (Lipinski definition) is 3. The van der Waals surface area contributed by atoms with Gasteiger partial charge in [0.1, 0.15) is 6.04 Å². The first-order valence-corrected chi connectivity index (χ1v) is 7.72. The van der Waals surface area contributed by atoms with E-state index in [9.17, 15) is 9.90 Å². The van der Waals surface area contributed by atoms with Crippen LogP contribution in [-0.2, 0) is 4.79 Å². The van der Waals surface area contributed by atoms with Crippen molar-refractivity contribution >= 4 is 17.7 Å². The van der Waals surface area contributed by atoms with Crippen molar-refractivity contribution in [3.63, 3.8) is 0 Å². The maximum absolute atomic E-state index is 11.0. The second kappa shape index (κ2) is 8.96. The number of carbonyl (C=O) groups is 1. The van der Waals surface area contributed by atoms with E-state index < -0.39 is 18.1 Å². The highest BCUT2D eigenvalue weighted by Crippen LogP contribution is 2.15. The molecule has 0 aromatic heterocycles. The Morgan fingerprint density at radius 3 is 2.58 bits per heavy atom. The molecular formula is C14H21NO3S. The molecule has 0 aliphatic rings. The molecule has 0 bridgehead atoms. The van der Waals surface area contributed by atoms with Crippen molar-refractivity contribution < 1.29 is 15.0 Å². The molecule has 0 heterocycles. The first-order chi connectivity index (χ1) is 9.15. The fourth-order valence-electron chi connectivity index (χ4n) is 1.78. The highest BCUT2D eigenvalue weighted by molar-refractivity contribution is 7.98. The standard InChI is InChI=1S/C14H21NO3S/c1-19-10-8-12(14(17)18)15-9-7-13(16)11-5-3-2-4-6-11/h2-6,12-13,15-16H,7-10H2,1H3,(H,17,18). The van der Waals surface area contributed by atoms with Crippen LogP contribution in [0.3, 0.4) is 0 Å². The Kier molecular flexibility index (Phi) is 7.55. The van der Waals surface area contributed by atoms with Crippen molar-refractivity contribution in [3.8, 4) is 0 Å². The highest BCUT2D eigenvalue weighted by atomic mass is 32.2. The zero-order chi connectivity index (χ0) is 14.1. The molecule has 0 aliphatic carbocycles. The van der Waals surface area contributed by atoms with E-state index in [0.717, 1.165) is 11.3 Å². The summed E-state index contributed by atoms with van der Waals surface area (Å²) in [5.74, 6) is -0.0196. The number of thioether (sulfide) groups is 1. The molecule has 3 N–H and O–H groups in total. The number of benzene rings is 1. The first-order valence-electron chi connectivity index (χ1n) is 6.33. The van der Waals surface area contributed by atoms with Gasteiger partial charge in [-0.2, -0.15) is 11.8 Å². The molecule has 0 spiro atoms. The summed E-state index contributed by atoms with van der Waals surface area (Å²) in [5, 5.41) is 22.0. The number of aliphatic carboxylic acids is 1. The second-order valence-corrected chi connectivity index (χ2v) is 5.33. The fraction of sp³-hybridized carbons (Fsp3) is 0.500. The number of hydrogen-bond acceptors (Lipinski definition) is 4. The first kappa shape index (κ1) is 16.0. The molecule has 2 atom stereocenters. The number of aliphatic hydroxyl groups is 1. The molecule has 0 amide bonds. The van der Waals surface area contributed by atoms with Gasteiger partial charge in [-0.05, 0) is 37.0 Å². The highest BCUT2D eigenvalue weighted by Gasteiger charge is 2.16. The minimum absolute atomic E-state index is 0.488. The van der Waals surface area contributed by atoms with Crippen LogP contribution in [0.15, 0.2) is 30.3 Å². The van der Waals surface area contributed by atoms with Crippen LogP contribution in [-0.4, -0.2) is 40.8 Å². The summed E-state index contributed by atoms with van der Waals surface area (Å²) in [6.07, 6.45) is 2.51. The van der Waals surface area contributed by atoms with Crippen LogP contribution in [0.2, 0.25) is 0 Å². The van der Waals surface area contributed by atoms with Crippen LogP contribution in [0, 0.1) is 0 Å². The van der Waals surface area contributed by atoms with Crippen LogP contribution in [0.4, 0.5) is 0 Å². The summed E-state index contributed by atoms with van der Waals surface area (Å²) >= 11 is 1.63. The van der Waals surface area contributed by atoms with Crippen LogP contribution < -0.4 is 5.32 Å². The third-order valence-electron chi connectivity index (χ3n) is 2.90. The predicted octanol–water partition coefficient (Wildman–Crippen LogP) is 1.91. The molecule has 4 nitrogen and oxygen atoms in total. The van der Waals surface area contributed by atoms with Gasteiger partial charge in [0.25, 0.3) is 0 Å². The number of carboxylic acid groups (broad SMARTS) is 1. The lowest BCUT2D eigenvalue weighted by Crippen LogP contribution is -2.38. The Morgan fingerprint density at radius 2 is 2.00 bits per heavy atom. The van der Waals surface area contributed by atoms with Gasteiger partial charge in [-0.1, -0.05) is 30.3 Å². The minimum atomic E-state index is -0.830. The molecule has 0 saturated heterocycles. The van der Waals surface area contributed by atoms with Gasteiger partial charge in [-0.3, -0.25) is 4.79 Å². The predicted molar refractivity (Wildman–Crippen MR) is 78.4 cm³/mol. The third kappa shape index (κ3) is 6.09. The quantitative estimate of drug-likeness (QED) is 0.646. The Bertz CT molecular complexity index is 372. The monoisotopic (exact) mass is 283 g/mol. The molecule has 0 fully saturated rings. The van der Waals surface area contributed by atoms with Gasteiger partial charge in [0.15, 0.2) is 0 Å². The van der Waals surface area contributed by atoms with Gasteiger partial charge in [-0.15, -0.1) is 0 Å². The summed E-state index contributed by atoms with van der Waals surface area (Å²) in [4.78, 5) is 11.0. The summed E-state index contributed by atoms with van der Waals surface area (Å²) in [7, 11) is 0. The Hall–Kier alpha value is -1.04. The summed E-state index contributed by atoms with van der Waals surface area (Å²) < 4.78 is 0. The summed E-state index contributed by atoms with van der Waals surface area (Å²) in [6, 6.07) is 8.86. The zero-order valence-corrected chi connectivity index (χ0v) is 11.9. The van der Waals surface area contributed by atoms with Crippen LogP contribution in [0.5, 0.6) is 0 Å². The number of carboxylic acids is 1. The SMILES string of the molecule is CSCCC(NCCC(O)c1ccccc1)C(=O)O. The van der Waals surface area contributed by atoms with E-state index in [0.29, 0.717) is 19.4 Å². The zero-order valence-electron chi connectivity index (χ0n) is 11.1. The molecule has 1 aromatic carbocycles. The smallest absolute Gasteiger partial charge is 0.320 e. The summed E-state index contributed by atoms with van der Waals surface area (Å²) in [5.41, 5.74) is 0.861. The van der Waals surface area contributed by atoms with Crippen molar-refractivity contribution in [3.05, 3.63) is 35.9 Å². The van der Waals surface area contributed by atoms with Crippen molar-refractivity contribution in [2.75, 3.05) is 18.6 Å². The number of nitrogens with one attached hydrogen (secondary N) is 1. The topological polar surface area (TPSA) is 69.6 Å². The van der Waals surface area contributed by atoms with E-state index >= 15 is 0 Å². The van der Waals surface area contributed by atoms with Crippen molar-refractivity contribution in [1.82, 2.24) is 5.32 Å². The molecule has 106 valence electrons. The van der Waals surface area contributed by atoms with E-state index in [1.165, 1.54) is 0 Å². The van der Waals surface area contributed by atoms with Gasteiger partial charge in [0.2, 0.25) is 0 Å². The van der Waals surface area contributed by atoms with Gasteiger partial charge in [0.05, 0.1) is 6.10 Å². The molecule has 1 rings (SSSR count). The maximum atomic E-state index is 11.0. The lowest BCUT2D eigenvalue weighted by atomic mass is 10.1. The Morgan fingerprint density at radius 1 is 1.32 bits per heavy atom. The van der Waals surface area contributed by atoms with Crippen LogP contribution in [0.25, 0.3) is 0 Å². The van der Waals surface area contributed by atoms with E-state index in [1.807, 2.05) is 36.6 Å². The van der Waals surface area contributed by atoms with E-state index in [-0.39, 0.29) is 0 Å². The largest absolute Gasteiger partial charge is 0.480 e. The van der Waals surface area contributed by atoms with Crippen molar-refractivity contribution in [2.45, 2.75) is 25.0 Å². The lowest BCUT2D eigenvalue weighted by molar-refractivity contribution is -0.139. The van der Waals surface area contributed by atoms with Crippen LogP contribution in [0.1, 0.15) is 24.5 Å². The maximum Gasteiger partial charge on any atom is 0.320 e. The molecule has 19 heavy (non-hydrogen) atoms. The van der Waals surface area contributed by atoms with E-state index in [1.54, 1.807) is 11.8 Å². The molecule has 0 saturated carbocycles. The molecule has 1 aromatic rings. The Balaban J connectivity index is 2.33. The van der Waals surface area contributed by atoms with Gasteiger partial charge in [0, 0.05) is 0 Å². The molecule has 5 heteroatoms. The fourth-order valence-corrected chi connectivity index (χ4v) is 2.26. The number of aliphatic hydroxyl groups excluding tert-OH is 1. The lowest BCUT2D eigenvalue weighted by Gasteiger charge is -2.16. The normalized spacial score (nSPS) is 14.0. The van der Waals surface area contributed by atoms with Gasteiger partial charge in [-0.25, -0.2) is 0 Å². The van der Waals surface area contributed by atoms with Crippen molar-refractivity contribution in [1.29, 1.82) is 0 Å². The van der Waals surface area contributed by atoms with Crippen LogP contribution >= 0.6 is 11.8 Å². The Labute approximate surface area is 118 Å². The third-order valence-corrected chi connectivity index (χ3v) is 3.55. The molecule has 2 unspecified atom stereocenters. The number of rotatable bonds is 9. The average Bonchev–Trinajstić information content (AvgIpc) is 2.43. The minimum Gasteiger partial charge on any atom is -0.480 e. The molecule has 0 aliphatic heterocycles. The van der Waals surface area contributed by atoms with E-state index in [2.05, 4.69) is 5.32 Å². The summed E-state index contributed by atoms with van der Waals surface area (Å²) in [6.45, 7) is 0.488. The van der Waals surface area contributed by atoms with Gasteiger partial charge < -0.3 is 15.5 Å². The van der Waals surface area contributed by atoms with Gasteiger partial charge >= 0.3 is 5.97 Å². The average molecular weight is 283 g/mol. The second-order valence-electron chi connectivity index (χ2n) is 4.34. The molecular weight excluding hydrogens is 262 g/mol. The molecule has 0 radical (unpaired) electrons. The van der Waals surface area contributed by atoms with E-state index in [4.69, 9.17) is 5.11 Å². The van der Waals surface area contributed by atoms with Crippen molar-refractivity contribution in [2.24, 2.45) is 0 Å².